The van der Waals surface area contributed by atoms with E-state index in [1.165, 1.54) is 47.6 Å². The number of carbonyl (C=O) groups excluding carboxylic acids is 1. The van der Waals surface area contributed by atoms with E-state index in [0.717, 1.165) is 5.56 Å². The maximum Gasteiger partial charge on any atom is 0.290 e. The summed E-state index contributed by atoms with van der Waals surface area (Å²) < 4.78 is 36.6. The summed E-state index contributed by atoms with van der Waals surface area (Å²) in [5.74, 6) is -0.0546. The van der Waals surface area contributed by atoms with E-state index in [2.05, 4.69) is 0 Å². The van der Waals surface area contributed by atoms with Crippen LogP contribution in [0.15, 0.2) is 97.9 Å². The fourth-order valence-corrected chi connectivity index (χ4v) is 4.58. The van der Waals surface area contributed by atoms with Gasteiger partial charge in [0, 0.05) is 16.6 Å². The highest BCUT2D eigenvalue weighted by Crippen LogP contribution is 2.26. The van der Waals surface area contributed by atoms with E-state index in [0.29, 0.717) is 15.8 Å². The Morgan fingerprint density at radius 3 is 2.31 bits per heavy atom. The third-order valence-corrected chi connectivity index (χ3v) is 6.98. The van der Waals surface area contributed by atoms with Crippen LogP contribution in [0.4, 0.5) is 0 Å². The summed E-state index contributed by atoms with van der Waals surface area (Å²) in [6.07, 6.45) is 1.51. The molecule has 2 aromatic carbocycles. The predicted molar refractivity (Wildman–Crippen MR) is 119 cm³/mol. The monoisotopic (exact) mass is 489 g/mol. The highest BCUT2D eigenvalue weighted by atomic mass is 35.5. The van der Waals surface area contributed by atoms with Crippen LogP contribution in [0.2, 0.25) is 10.0 Å². The second-order valence-electron chi connectivity index (χ2n) is 6.91. The van der Waals surface area contributed by atoms with Gasteiger partial charge in [0.15, 0.2) is 5.76 Å². The Labute approximate surface area is 194 Å². The number of nitrogens with zero attached hydrogens (tertiary/aromatic N) is 1. The second-order valence-corrected chi connectivity index (χ2v) is 9.63. The largest absolute Gasteiger partial charge is 0.467 e. The van der Waals surface area contributed by atoms with Crippen LogP contribution in [0.1, 0.15) is 21.9 Å². The van der Waals surface area contributed by atoms with Crippen LogP contribution < -0.4 is 0 Å². The average molecular weight is 490 g/mol. The number of carbonyl (C=O) groups is 1. The Hall–Kier alpha value is -3.00. The summed E-state index contributed by atoms with van der Waals surface area (Å²) >= 11 is 12.1. The molecule has 0 unspecified atom stereocenters. The van der Waals surface area contributed by atoms with Crippen LogP contribution in [0.25, 0.3) is 0 Å². The van der Waals surface area contributed by atoms with E-state index in [4.69, 9.17) is 32.0 Å². The highest BCUT2D eigenvalue weighted by molar-refractivity contribution is 7.91. The van der Waals surface area contributed by atoms with E-state index in [1.54, 1.807) is 24.3 Å². The lowest BCUT2D eigenvalue weighted by Gasteiger charge is -2.21. The van der Waals surface area contributed by atoms with Crippen molar-refractivity contribution < 1.29 is 22.0 Å². The average Bonchev–Trinajstić information content (AvgIpc) is 3.47. The highest BCUT2D eigenvalue weighted by Gasteiger charge is 2.26. The normalized spacial score (nSPS) is 11.4. The maximum absolute atomic E-state index is 13.2. The molecule has 2 heterocycles. The third-order valence-electron chi connectivity index (χ3n) is 4.71. The van der Waals surface area contributed by atoms with E-state index in [1.807, 2.05) is 12.1 Å². The molecular weight excluding hydrogens is 473 g/mol. The molecule has 32 heavy (non-hydrogen) atoms. The lowest BCUT2D eigenvalue weighted by atomic mass is 10.2. The zero-order valence-corrected chi connectivity index (χ0v) is 18.9. The second kappa shape index (κ2) is 9.24. The molecule has 0 saturated carbocycles. The van der Waals surface area contributed by atoms with Crippen molar-refractivity contribution in [3.8, 4) is 0 Å². The van der Waals surface area contributed by atoms with Crippen LogP contribution in [0.5, 0.6) is 0 Å². The van der Waals surface area contributed by atoms with Crippen molar-refractivity contribution in [1.29, 1.82) is 0 Å². The Bertz CT molecular complexity index is 1330. The smallest absolute Gasteiger partial charge is 0.290 e. The summed E-state index contributed by atoms with van der Waals surface area (Å²) in [6, 6.07) is 18.9. The van der Waals surface area contributed by atoms with E-state index in [-0.39, 0.29) is 28.8 Å². The molecule has 4 aromatic rings. The predicted octanol–water partition coefficient (Wildman–Crippen LogP) is 5.85. The van der Waals surface area contributed by atoms with Gasteiger partial charge in [-0.15, -0.1) is 0 Å². The molecule has 0 radical (unpaired) electrons. The first kappa shape index (κ1) is 22.2. The molecule has 0 aliphatic rings. The summed E-state index contributed by atoms with van der Waals surface area (Å²) in [5.41, 5.74) is 0.731. The number of benzene rings is 2. The van der Waals surface area contributed by atoms with Crippen molar-refractivity contribution in [1.82, 2.24) is 4.90 Å². The number of rotatable bonds is 7. The van der Waals surface area contributed by atoms with Gasteiger partial charge in [-0.2, -0.15) is 0 Å². The summed E-state index contributed by atoms with van der Waals surface area (Å²) in [7, 11) is -3.95. The van der Waals surface area contributed by atoms with Crippen molar-refractivity contribution >= 4 is 38.9 Å². The molecule has 0 atom stereocenters. The molecule has 0 spiro atoms. The molecule has 0 aliphatic heterocycles. The Kier molecular flexibility index (Phi) is 6.41. The van der Waals surface area contributed by atoms with Crippen molar-refractivity contribution in [3.63, 3.8) is 0 Å². The van der Waals surface area contributed by atoms with E-state index < -0.39 is 15.7 Å². The fourth-order valence-electron chi connectivity index (χ4n) is 3.09. The Morgan fingerprint density at radius 1 is 0.875 bits per heavy atom. The lowest BCUT2D eigenvalue weighted by molar-refractivity contribution is 0.0679. The molecule has 0 fully saturated rings. The number of amides is 1. The molecule has 9 heteroatoms. The minimum absolute atomic E-state index is 0.0127. The van der Waals surface area contributed by atoms with Gasteiger partial charge >= 0.3 is 0 Å². The molecule has 0 aliphatic carbocycles. The standard InChI is InChI=1S/C23H17Cl2NO5S/c24-17-7-9-19(10-8-17)32(28,29)22-12-11-21(31-22)23(27)26(15-18-5-3-13-30-18)14-16-4-1-2-6-20(16)25/h1-13H,14-15H2. The van der Waals surface area contributed by atoms with Gasteiger partial charge in [0.2, 0.25) is 14.9 Å². The van der Waals surface area contributed by atoms with Crippen molar-refractivity contribution in [3.05, 3.63) is 106 Å². The molecule has 2 aromatic heterocycles. The van der Waals surface area contributed by atoms with Crippen molar-refractivity contribution in [2.75, 3.05) is 0 Å². The number of furan rings is 2. The van der Waals surface area contributed by atoms with Crippen LogP contribution in [-0.4, -0.2) is 19.2 Å². The fraction of sp³-hybridized carbons (Fsp3) is 0.0870. The summed E-state index contributed by atoms with van der Waals surface area (Å²) in [5, 5.41) is 0.585. The van der Waals surface area contributed by atoms with Gasteiger partial charge in [-0.3, -0.25) is 4.79 Å². The third kappa shape index (κ3) is 4.75. The van der Waals surface area contributed by atoms with Gasteiger partial charge in [-0.1, -0.05) is 41.4 Å². The number of halogens is 2. The summed E-state index contributed by atoms with van der Waals surface area (Å²) in [6.45, 7) is 0.330. The van der Waals surface area contributed by atoms with E-state index >= 15 is 0 Å². The first-order valence-electron chi connectivity index (χ1n) is 9.50. The molecular formula is C23H17Cl2NO5S. The van der Waals surface area contributed by atoms with Gasteiger partial charge in [0.05, 0.1) is 17.7 Å². The molecule has 0 N–H and O–H groups in total. The van der Waals surface area contributed by atoms with Crippen LogP contribution in [-0.2, 0) is 22.9 Å². The minimum atomic E-state index is -3.95. The molecule has 4 rings (SSSR count). The topological polar surface area (TPSA) is 80.7 Å². The number of hydrogen-bond acceptors (Lipinski definition) is 5. The van der Waals surface area contributed by atoms with Crippen molar-refractivity contribution in [2.45, 2.75) is 23.1 Å². The number of sulfone groups is 1. The summed E-state index contributed by atoms with van der Waals surface area (Å²) in [4.78, 5) is 14.7. The molecule has 0 bridgehead atoms. The maximum atomic E-state index is 13.2. The molecule has 1 amide bonds. The molecule has 0 saturated heterocycles. The molecule has 164 valence electrons. The Balaban J connectivity index is 1.63. The first-order valence-corrected chi connectivity index (χ1v) is 11.7. The van der Waals surface area contributed by atoms with Gasteiger partial charge in [-0.25, -0.2) is 8.42 Å². The van der Waals surface area contributed by atoms with Crippen LogP contribution in [0, 0.1) is 0 Å². The minimum Gasteiger partial charge on any atom is -0.467 e. The molecule has 6 nitrogen and oxygen atoms in total. The van der Waals surface area contributed by atoms with Crippen LogP contribution >= 0.6 is 23.2 Å². The van der Waals surface area contributed by atoms with Crippen LogP contribution in [0.3, 0.4) is 0 Å². The van der Waals surface area contributed by atoms with Gasteiger partial charge in [-0.05, 0) is 60.2 Å². The van der Waals surface area contributed by atoms with Gasteiger partial charge in [0.1, 0.15) is 5.76 Å². The zero-order valence-electron chi connectivity index (χ0n) is 16.6. The first-order chi connectivity index (χ1) is 15.3. The van der Waals surface area contributed by atoms with Crippen molar-refractivity contribution in [2.24, 2.45) is 0 Å². The van der Waals surface area contributed by atoms with E-state index in [9.17, 15) is 13.2 Å². The Morgan fingerprint density at radius 2 is 1.62 bits per heavy atom. The zero-order chi connectivity index (χ0) is 22.7. The lowest BCUT2D eigenvalue weighted by Crippen LogP contribution is -2.29. The van der Waals surface area contributed by atoms with Gasteiger partial charge < -0.3 is 13.7 Å². The number of hydrogen-bond donors (Lipinski definition) is 0. The SMILES string of the molecule is O=C(c1ccc(S(=O)(=O)c2ccc(Cl)cc2)o1)N(Cc1ccco1)Cc1ccccc1Cl. The quantitative estimate of drug-likeness (QED) is 0.325. The van der Waals surface area contributed by atoms with Gasteiger partial charge in [0.25, 0.3) is 5.91 Å².